The summed E-state index contributed by atoms with van der Waals surface area (Å²) in [4.78, 5) is 27.4. The van der Waals surface area contributed by atoms with Gasteiger partial charge < -0.3 is 4.57 Å². The Balaban J connectivity index is 2.16. The smallest absolute Gasteiger partial charge is 0.257 e. The molecule has 1 N–H and O–H groups in total. The lowest BCUT2D eigenvalue weighted by Crippen LogP contribution is -2.19. The predicted molar refractivity (Wildman–Crippen MR) is 71.3 cm³/mol. The fraction of sp³-hybridized carbons (Fsp3) is 0.182. The van der Waals surface area contributed by atoms with E-state index in [1.165, 1.54) is 22.0 Å². The Hall–Kier alpha value is -1.66. The number of hydrogen-bond acceptors (Lipinski definition) is 4. The molecule has 0 atom stereocenters. The Morgan fingerprint density at radius 3 is 3.00 bits per heavy atom. The van der Waals surface area contributed by atoms with Crippen LogP contribution in [0.2, 0.25) is 0 Å². The lowest BCUT2D eigenvalue weighted by Gasteiger charge is -2.02. The van der Waals surface area contributed by atoms with Crippen LogP contribution in [-0.4, -0.2) is 15.5 Å². The number of hydrogen-bond donors (Lipinski definition) is 1. The zero-order valence-corrected chi connectivity index (χ0v) is 11.1. The quantitative estimate of drug-likeness (QED) is 0.874. The molecule has 0 bridgehead atoms. The molecule has 0 aliphatic carbocycles. The summed E-state index contributed by atoms with van der Waals surface area (Å²) < 4.78 is 1.39. The Morgan fingerprint density at radius 2 is 2.39 bits per heavy atom. The molecule has 5 nitrogen and oxygen atoms in total. The van der Waals surface area contributed by atoms with Crippen molar-refractivity contribution in [2.24, 2.45) is 7.05 Å². The highest BCUT2D eigenvalue weighted by molar-refractivity contribution is 7.14. The van der Waals surface area contributed by atoms with Gasteiger partial charge in [0.05, 0.1) is 11.6 Å². The molecule has 0 spiro atoms. The van der Waals surface area contributed by atoms with E-state index in [4.69, 9.17) is 11.6 Å². The van der Waals surface area contributed by atoms with Crippen LogP contribution in [0.25, 0.3) is 0 Å². The standard InChI is InChI=1S/C11H10ClN3O2S/c1-15-3-2-7(4-9(15)16)10(17)14-11-13-8(5-12)6-18-11/h2-4,6H,5H2,1H3,(H,13,14,17). The fourth-order valence-electron chi connectivity index (χ4n) is 1.28. The van der Waals surface area contributed by atoms with Gasteiger partial charge in [0, 0.05) is 30.3 Å². The third kappa shape index (κ3) is 2.77. The van der Waals surface area contributed by atoms with Crippen molar-refractivity contribution in [2.45, 2.75) is 5.88 Å². The van der Waals surface area contributed by atoms with Gasteiger partial charge in [-0.25, -0.2) is 4.98 Å². The molecule has 94 valence electrons. The van der Waals surface area contributed by atoms with E-state index in [1.807, 2.05) is 0 Å². The number of aryl methyl sites for hydroxylation is 1. The van der Waals surface area contributed by atoms with E-state index in [-0.39, 0.29) is 11.5 Å². The van der Waals surface area contributed by atoms with Crippen LogP contribution in [0.1, 0.15) is 16.1 Å². The maximum Gasteiger partial charge on any atom is 0.257 e. The monoisotopic (exact) mass is 283 g/mol. The van der Waals surface area contributed by atoms with E-state index in [2.05, 4.69) is 10.3 Å². The van der Waals surface area contributed by atoms with Gasteiger partial charge in [-0.1, -0.05) is 0 Å². The van der Waals surface area contributed by atoms with E-state index in [0.717, 1.165) is 0 Å². The highest BCUT2D eigenvalue weighted by atomic mass is 35.5. The van der Waals surface area contributed by atoms with Crippen molar-refractivity contribution in [3.05, 3.63) is 45.3 Å². The van der Waals surface area contributed by atoms with Crippen molar-refractivity contribution >= 4 is 34.0 Å². The van der Waals surface area contributed by atoms with Crippen molar-refractivity contribution in [3.8, 4) is 0 Å². The molecule has 1 amide bonds. The molecule has 0 aliphatic rings. The maximum atomic E-state index is 11.8. The van der Waals surface area contributed by atoms with Crippen molar-refractivity contribution < 1.29 is 4.79 Å². The molecule has 0 aromatic carbocycles. The predicted octanol–water partition coefficient (Wildman–Crippen LogP) is 1.83. The average Bonchev–Trinajstić information content (AvgIpc) is 2.80. The minimum absolute atomic E-state index is 0.233. The van der Waals surface area contributed by atoms with E-state index < -0.39 is 0 Å². The van der Waals surface area contributed by atoms with Gasteiger partial charge in [0.25, 0.3) is 11.5 Å². The Labute approximate surface area is 112 Å². The molecule has 2 rings (SSSR count). The normalized spacial score (nSPS) is 10.3. The number of nitrogens with one attached hydrogen (secondary N) is 1. The first-order valence-corrected chi connectivity index (χ1v) is 6.50. The molecule has 7 heteroatoms. The van der Waals surface area contributed by atoms with Crippen LogP contribution in [0.5, 0.6) is 0 Å². The Bertz CT molecular complexity index is 635. The zero-order chi connectivity index (χ0) is 13.1. The van der Waals surface area contributed by atoms with Gasteiger partial charge in [-0.3, -0.25) is 14.9 Å². The summed E-state index contributed by atoms with van der Waals surface area (Å²) in [7, 11) is 1.62. The molecule has 0 saturated heterocycles. The number of anilines is 1. The second-order valence-electron chi connectivity index (χ2n) is 3.60. The second-order valence-corrected chi connectivity index (χ2v) is 4.72. The third-order valence-electron chi connectivity index (χ3n) is 2.28. The van der Waals surface area contributed by atoms with Gasteiger partial charge in [0.2, 0.25) is 0 Å². The number of carbonyl (C=O) groups excluding carboxylic acids is 1. The van der Waals surface area contributed by atoms with Crippen LogP contribution >= 0.6 is 22.9 Å². The van der Waals surface area contributed by atoms with Gasteiger partial charge in [-0.15, -0.1) is 22.9 Å². The molecule has 2 aromatic rings. The summed E-state index contributed by atoms with van der Waals surface area (Å²) in [5.41, 5.74) is 0.782. The van der Waals surface area contributed by atoms with Gasteiger partial charge >= 0.3 is 0 Å². The van der Waals surface area contributed by atoms with Crippen molar-refractivity contribution in [1.82, 2.24) is 9.55 Å². The molecule has 0 aliphatic heterocycles. The number of rotatable bonds is 3. The van der Waals surface area contributed by atoms with Gasteiger partial charge in [0.15, 0.2) is 5.13 Å². The van der Waals surface area contributed by atoms with Crippen molar-refractivity contribution in [3.63, 3.8) is 0 Å². The highest BCUT2D eigenvalue weighted by Gasteiger charge is 2.09. The van der Waals surface area contributed by atoms with Crippen molar-refractivity contribution in [1.29, 1.82) is 0 Å². The number of halogens is 1. The van der Waals surface area contributed by atoms with Crippen LogP contribution in [0.15, 0.2) is 28.5 Å². The molecule has 0 fully saturated rings. The number of carbonyl (C=O) groups is 1. The lowest BCUT2D eigenvalue weighted by molar-refractivity contribution is 0.102. The lowest BCUT2D eigenvalue weighted by atomic mass is 10.2. The van der Waals surface area contributed by atoms with Crippen LogP contribution < -0.4 is 10.9 Å². The summed E-state index contributed by atoms with van der Waals surface area (Å²) in [6.07, 6.45) is 1.54. The molecule has 18 heavy (non-hydrogen) atoms. The second kappa shape index (κ2) is 5.32. The summed E-state index contributed by atoms with van der Waals surface area (Å²) >= 11 is 6.91. The van der Waals surface area contributed by atoms with E-state index >= 15 is 0 Å². The largest absolute Gasteiger partial charge is 0.319 e. The Morgan fingerprint density at radius 1 is 1.61 bits per heavy atom. The Kier molecular flexibility index (Phi) is 3.78. The topological polar surface area (TPSA) is 64.0 Å². The summed E-state index contributed by atoms with van der Waals surface area (Å²) in [6, 6.07) is 2.86. The van der Waals surface area contributed by atoms with Gasteiger partial charge in [-0.2, -0.15) is 0 Å². The number of pyridine rings is 1. The number of amides is 1. The molecular formula is C11H10ClN3O2S. The van der Waals surface area contributed by atoms with Gasteiger partial charge in [0.1, 0.15) is 0 Å². The molecule has 0 saturated carbocycles. The molecule has 0 unspecified atom stereocenters. The van der Waals surface area contributed by atoms with E-state index in [0.29, 0.717) is 22.3 Å². The minimum atomic E-state index is -0.358. The minimum Gasteiger partial charge on any atom is -0.319 e. The summed E-state index contributed by atoms with van der Waals surface area (Å²) in [5.74, 6) is -0.0544. The number of nitrogens with zero attached hydrogens (tertiary/aromatic N) is 2. The van der Waals surface area contributed by atoms with Gasteiger partial charge in [-0.05, 0) is 6.07 Å². The molecule has 2 heterocycles. The highest BCUT2D eigenvalue weighted by Crippen LogP contribution is 2.17. The van der Waals surface area contributed by atoms with Crippen LogP contribution in [0, 0.1) is 0 Å². The molecule has 2 aromatic heterocycles. The van der Waals surface area contributed by atoms with E-state index in [9.17, 15) is 9.59 Å². The van der Waals surface area contributed by atoms with Crippen molar-refractivity contribution in [2.75, 3.05) is 5.32 Å². The zero-order valence-electron chi connectivity index (χ0n) is 9.51. The molecule has 0 radical (unpaired) electrons. The van der Waals surface area contributed by atoms with Crippen LogP contribution in [0.4, 0.5) is 5.13 Å². The summed E-state index contributed by atoms with van der Waals surface area (Å²) in [5, 5.41) is 4.86. The first kappa shape index (κ1) is 12.8. The number of alkyl halides is 1. The van der Waals surface area contributed by atoms with E-state index in [1.54, 1.807) is 24.7 Å². The number of thiazole rings is 1. The summed E-state index contributed by atoms with van der Waals surface area (Å²) in [6.45, 7) is 0. The maximum absolute atomic E-state index is 11.8. The van der Waals surface area contributed by atoms with Crippen LogP contribution in [0.3, 0.4) is 0 Å². The number of aromatic nitrogens is 2. The molecular weight excluding hydrogens is 274 g/mol. The fourth-order valence-corrected chi connectivity index (χ4v) is 2.22. The first-order chi connectivity index (χ1) is 8.60. The SMILES string of the molecule is Cn1ccc(C(=O)Nc2nc(CCl)cs2)cc1=O. The average molecular weight is 284 g/mol. The van der Waals surface area contributed by atoms with Crippen LogP contribution in [-0.2, 0) is 12.9 Å². The third-order valence-corrected chi connectivity index (χ3v) is 3.36. The first-order valence-electron chi connectivity index (χ1n) is 5.08.